The Bertz CT molecular complexity index is 1310. The van der Waals surface area contributed by atoms with Crippen molar-refractivity contribution in [2.24, 2.45) is 5.73 Å². The minimum absolute atomic E-state index is 0.0364. The molecule has 224 valence electrons. The van der Waals surface area contributed by atoms with E-state index in [0.717, 1.165) is 11.1 Å². The normalized spacial score (nSPS) is 13.8. The molecule has 4 unspecified atom stereocenters. The maximum absolute atomic E-state index is 13.6. The number of imidazole rings is 1. The molecule has 0 aliphatic carbocycles. The van der Waals surface area contributed by atoms with E-state index >= 15 is 0 Å². The molecule has 0 saturated heterocycles. The van der Waals surface area contributed by atoms with Gasteiger partial charge < -0.3 is 36.9 Å². The fourth-order valence-corrected chi connectivity index (χ4v) is 4.65. The average Bonchev–Trinajstić information content (AvgIpc) is 3.49. The molecule has 2 aromatic carbocycles. The molecule has 13 heteroatoms. The maximum Gasteiger partial charge on any atom is 0.326 e. The maximum atomic E-state index is 13.6. The molecule has 0 aliphatic heterocycles. The van der Waals surface area contributed by atoms with Crippen LogP contribution in [0, 0.1) is 0 Å². The first-order valence-electron chi connectivity index (χ1n) is 13.3. The molecule has 8 N–H and O–H groups in total. The lowest BCUT2D eigenvalue weighted by Crippen LogP contribution is -2.58. The molecule has 0 saturated carbocycles. The highest BCUT2D eigenvalue weighted by molar-refractivity contribution is 7.98. The Balaban J connectivity index is 1.78. The van der Waals surface area contributed by atoms with Gasteiger partial charge in [-0.2, -0.15) is 11.8 Å². The number of H-pyrrole nitrogens is 1. The Morgan fingerprint density at radius 2 is 1.45 bits per heavy atom. The predicted molar refractivity (Wildman–Crippen MR) is 159 cm³/mol. The van der Waals surface area contributed by atoms with Crippen molar-refractivity contribution in [2.75, 3.05) is 12.0 Å². The summed E-state index contributed by atoms with van der Waals surface area (Å²) in [6, 6.07) is 10.9. The van der Waals surface area contributed by atoms with Gasteiger partial charge >= 0.3 is 5.97 Å². The van der Waals surface area contributed by atoms with Crippen molar-refractivity contribution in [3.8, 4) is 5.75 Å². The van der Waals surface area contributed by atoms with E-state index in [9.17, 15) is 29.4 Å². The largest absolute Gasteiger partial charge is 0.508 e. The summed E-state index contributed by atoms with van der Waals surface area (Å²) in [4.78, 5) is 58.6. The number of benzene rings is 2. The summed E-state index contributed by atoms with van der Waals surface area (Å²) in [7, 11) is 0. The number of phenolic OH excluding ortho intramolecular Hbond substituents is 1. The number of carbonyl (C=O) groups excluding carboxylic acids is 3. The summed E-state index contributed by atoms with van der Waals surface area (Å²) in [6.07, 6.45) is 5.30. The number of hydrogen-bond acceptors (Lipinski definition) is 8. The number of aromatic hydroxyl groups is 1. The zero-order chi connectivity index (χ0) is 30.5. The molecule has 0 spiro atoms. The van der Waals surface area contributed by atoms with Crippen LogP contribution >= 0.6 is 11.8 Å². The number of thioether (sulfide) groups is 1. The van der Waals surface area contributed by atoms with E-state index in [0.29, 0.717) is 11.4 Å². The van der Waals surface area contributed by atoms with Gasteiger partial charge in [-0.3, -0.25) is 14.4 Å². The van der Waals surface area contributed by atoms with Crippen LogP contribution < -0.4 is 21.7 Å². The Labute approximate surface area is 247 Å². The molecule has 3 aromatic rings. The van der Waals surface area contributed by atoms with Crippen LogP contribution in [0.2, 0.25) is 0 Å². The van der Waals surface area contributed by atoms with Gasteiger partial charge in [0.05, 0.1) is 12.4 Å². The SMILES string of the molecule is CSCCC(NC(=O)C(Cc1ccccc1)NC(=O)C(Cc1cnc[nH]1)NC(=O)C(N)Cc1ccc(O)cc1)C(=O)O. The Hall–Kier alpha value is -4.36. The lowest BCUT2D eigenvalue weighted by molar-refractivity contribution is -0.142. The summed E-state index contributed by atoms with van der Waals surface area (Å²) >= 11 is 1.46. The number of nitrogens with two attached hydrogens (primary N) is 1. The number of aromatic amines is 1. The fraction of sp³-hybridized carbons (Fsp3) is 0.345. The number of hydrogen-bond donors (Lipinski definition) is 7. The summed E-state index contributed by atoms with van der Waals surface area (Å²) < 4.78 is 0. The number of carboxylic acids is 1. The summed E-state index contributed by atoms with van der Waals surface area (Å²) in [6.45, 7) is 0. The molecule has 1 heterocycles. The molecular weight excluding hydrogens is 560 g/mol. The Kier molecular flexibility index (Phi) is 12.4. The third kappa shape index (κ3) is 10.2. The van der Waals surface area contributed by atoms with Crippen molar-refractivity contribution in [1.29, 1.82) is 0 Å². The third-order valence-corrected chi connectivity index (χ3v) is 7.13. The van der Waals surface area contributed by atoms with Gasteiger partial charge in [0.25, 0.3) is 0 Å². The fourth-order valence-electron chi connectivity index (χ4n) is 4.18. The van der Waals surface area contributed by atoms with Gasteiger partial charge in [0.1, 0.15) is 23.9 Å². The van der Waals surface area contributed by atoms with Crippen molar-refractivity contribution in [3.63, 3.8) is 0 Å². The van der Waals surface area contributed by atoms with Crippen molar-refractivity contribution < 1.29 is 29.4 Å². The van der Waals surface area contributed by atoms with Crippen molar-refractivity contribution >= 4 is 35.5 Å². The van der Waals surface area contributed by atoms with E-state index in [1.165, 1.54) is 36.4 Å². The first kappa shape index (κ1) is 32.2. The lowest BCUT2D eigenvalue weighted by atomic mass is 10.0. The second-order valence-electron chi connectivity index (χ2n) is 9.75. The topological polar surface area (TPSA) is 200 Å². The molecular formula is C29H36N6O6S. The monoisotopic (exact) mass is 596 g/mol. The molecule has 3 rings (SSSR count). The minimum Gasteiger partial charge on any atom is -0.508 e. The zero-order valence-electron chi connectivity index (χ0n) is 23.2. The quantitative estimate of drug-likeness (QED) is 0.125. The van der Waals surface area contributed by atoms with Gasteiger partial charge in [0.15, 0.2) is 0 Å². The number of carboxylic acid groups (broad SMARTS) is 1. The number of carbonyl (C=O) groups is 4. The second-order valence-corrected chi connectivity index (χ2v) is 10.7. The smallest absolute Gasteiger partial charge is 0.326 e. The van der Waals surface area contributed by atoms with Crippen LogP contribution in [0.4, 0.5) is 0 Å². The van der Waals surface area contributed by atoms with Crippen molar-refractivity contribution in [1.82, 2.24) is 25.9 Å². The van der Waals surface area contributed by atoms with Crippen LogP contribution in [0.15, 0.2) is 67.1 Å². The predicted octanol–water partition coefficient (Wildman–Crippen LogP) is 0.763. The molecule has 42 heavy (non-hydrogen) atoms. The highest BCUT2D eigenvalue weighted by atomic mass is 32.2. The standard InChI is InChI=1S/C29H36N6O6S/c1-42-12-11-23(29(40)41)33-27(38)24(14-18-5-3-2-4-6-18)35-28(39)25(15-20-16-31-17-32-20)34-26(37)22(30)13-19-7-9-21(36)10-8-19/h2-10,16-17,22-25,36H,11-15,30H2,1H3,(H,31,32)(H,33,38)(H,34,37)(H,35,39)(H,40,41). The summed E-state index contributed by atoms with van der Waals surface area (Å²) in [5.74, 6) is -2.46. The molecule has 1 aromatic heterocycles. The molecule has 4 atom stereocenters. The number of aliphatic carboxylic acids is 1. The minimum atomic E-state index is -1.17. The van der Waals surface area contributed by atoms with E-state index < -0.39 is 47.9 Å². The summed E-state index contributed by atoms with van der Waals surface area (Å²) in [5.41, 5.74) is 8.17. The van der Waals surface area contributed by atoms with E-state index in [4.69, 9.17) is 5.73 Å². The number of nitrogens with zero attached hydrogens (tertiary/aromatic N) is 1. The van der Waals surface area contributed by atoms with Gasteiger partial charge in [-0.15, -0.1) is 0 Å². The highest BCUT2D eigenvalue weighted by Crippen LogP contribution is 2.12. The van der Waals surface area contributed by atoms with E-state index in [-0.39, 0.29) is 31.4 Å². The molecule has 12 nitrogen and oxygen atoms in total. The van der Waals surface area contributed by atoms with Crippen LogP contribution in [-0.4, -0.2) is 80.0 Å². The molecule has 0 bridgehead atoms. The van der Waals surface area contributed by atoms with Crippen LogP contribution in [-0.2, 0) is 38.4 Å². The van der Waals surface area contributed by atoms with Crippen LogP contribution in [0.25, 0.3) is 0 Å². The van der Waals surface area contributed by atoms with Crippen LogP contribution in [0.5, 0.6) is 5.75 Å². The highest BCUT2D eigenvalue weighted by Gasteiger charge is 2.31. The molecule has 0 fully saturated rings. The Morgan fingerprint density at radius 1 is 0.857 bits per heavy atom. The van der Waals surface area contributed by atoms with Crippen LogP contribution in [0.3, 0.4) is 0 Å². The number of rotatable bonds is 16. The molecule has 0 radical (unpaired) electrons. The van der Waals surface area contributed by atoms with Crippen molar-refractivity contribution in [3.05, 3.63) is 83.9 Å². The molecule has 3 amide bonds. The van der Waals surface area contributed by atoms with Gasteiger partial charge in [0, 0.05) is 24.7 Å². The molecule has 0 aliphatic rings. The van der Waals surface area contributed by atoms with E-state index in [1.54, 1.807) is 36.4 Å². The zero-order valence-corrected chi connectivity index (χ0v) is 24.0. The van der Waals surface area contributed by atoms with Crippen molar-refractivity contribution in [2.45, 2.75) is 49.9 Å². The lowest BCUT2D eigenvalue weighted by Gasteiger charge is -2.25. The first-order valence-corrected chi connectivity index (χ1v) is 14.7. The third-order valence-electron chi connectivity index (χ3n) is 6.48. The first-order chi connectivity index (χ1) is 20.2. The van der Waals surface area contributed by atoms with Crippen LogP contribution in [0.1, 0.15) is 23.2 Å². The number of nitrogens with one attached hydrogen (secondary N) is 4. The number of amides is 3. The number of aromatic nitrogens is 2. The van der Waals surface area contributed by atoms with Gasteiger partial charge in [-0.1, -0.05) is 42.5 Å². The number of phenols is 1. The Morgan fingerprint density at radius 3 is 2.05 bits per heavy atom. The average molecular weight is 597 g/mol. The van der Waals surface area contributed by atoms with Gasteiger partial charge in [-0.05, 0) is 48.1 Å². The summed E-state index contributed by atoms with van der Waals surface area (Å²) in [5, 5.41) is 27.0. The second kappa shape index (κ2) is 16.2. The van der Waals surface area contributed by atoms with Gasteiger partial charge in [0.2, 0.25) is 17.7 Å². The van der Waals surface area contributed by atoms with Gasteiger partial charge in [-0.25, -0.2) is 9.78 Å². The van der Waals surface area contributed by atoms with E-state index in [1.807, 2.05) is 12.3 Å². The van der Waals surface area contributed by atoms with E-state index in [2.05, 4.69) is 25.9 Å².